The van der Waals surface area contributed by atoms with E-state index in [4.69, 9.17) is 9.84 Å². The highest BCUT2D eigenvalue weighted by atomic mass is 79.9. The number of pyridine rings is 1. The zero-order valence-electron chi connectivity index (χ0n) is 10.1. The first kappa shape index (κ1) is 14.2. The van der Waals surface area contributed by atoms with Crippen LogP contribution in [0.3, 0.4) is 0 Å². The molecule has 20 heavy (non-hydrogen) atoms. The van der Waals surface area contributed by atoms with Gasteiger partial charge in [0.2, 0.25) is 5.88 Å². The SMILES string of the molecule is O=C(O)/C=C/c1ccc(Oc2ccc(Br)cc2F)nc1. The van der Waals surface area contributed by atoms with Gasteiger partial charge >= 0.3 is 5.97 Å². The number of aromatic nitrogens is 1. The first-order valence-corrected chi connectivity index (χ1v) is 6.34. The Kier molecular flexibility index (Phi) is 4.47. The number of ether oxygens (including phenoxy) is 1. The molecule has 0 saturated heterocycles. The largest absolute Gasteiger partial charge is 0.478 e. The van der Waals surface area contributed by atoms with Crippen LogP contribution in [0.15, 0.2) is 47.1 Å². The Morgan fingerprint density at radius 3 is 2.75 bits per heavy atom. The Hall–Kier alpha value is -2.21. The van der Waals surface area contributed by atoms with E-state index < -0.39 is 11.8 Å². The van der Waals surface area contributed by atoms with Crippen molar-refractivity contribution < 1.29 is 19.0 Å². The summed E-state index contributed by atoms with van der Waals surface area (Å²) in [6, 6.07) is 7.59. The molecule has 0 spiro atoms. The van der Waals surface area contributed by atoms with Gasteiger partial charge in [-0.1, -0.05) is 15.9 Å². The highest BCUT2D eigenvalue weighted by Crippen LogP contribution is 2.25. The van der Waals surface area contributed by atoms with Crippen LogP contribution in [-0.4, -0.2) is 16.1 Å². The zero-order chi connectivity index (χ0) is 14.5. The van der Waals surface area contributed by atoms with Crippen LogP contribution in [0.5, 0.6) is 11.6 Å². The van der Waals surface area contributed by atoms with Crippen molar-refractivity contribution in [1.29, 1.82) is 0 Å². The van der Waals surface area contributed by atoms with E-state index in [1.54, 1.807) is 12.1 Å². The van der Waals surface area contributed by atoms with Crippen molar-refractivity contribution >= 4 is 28.0 Å². The van der Waals surface area contributed by atoms with Gasteiger partial charge in [-0.3, -0.25) is 0 Å². The first-order chi connectivity index (χ1) is 9.54. The molecule has 0 radical (unpaired) electrons. The maximum atomic E-state index is 13.6. The lowest BCUT2D eigenvalue weighted by atomic mass is 10.2. The Balaban J connectivity index is 2.12. The highest BCUT2D eigenvalue weighted by molar-refractivity contribution is 9.10. The average molecular weight is 338 g/mol. The molecule has 0 aliphatic carbocycles. The number of nitrogens with zero attached hydrogens (tertiary/aromatic N) is 1. The Labute approximate surface area is 122 Å². The van der Waals surface area contributed by atoms with E-state index in [0.717, 1.165) is 6.08 Å². The van der Waals surface area contributed by atoms with Gasteiger partial charge in [0.15, 0.2) is 11.6 Å². The molecule has 0 amide bonds. The molecule has 0 saturated carbocycles. The van der Waals surface area contributed by atoms with Crippen LogP contribution in [0, 0.1) is 5.82 Å². The molecule has 4 nitrogen and oxygen atoms in total. The summed E-state index contributed by atoms with van der Waals surface area (Å²) >= 11 is 3.15. The standard InChI is InChI=1S/C14H9BrFNO3/c15-10-3-4-12(11(16)7-10)20-13-5-1-9(8-17-13)2-6-14(18)19/h1-8H,(H,18,19)/b6-2+. The van der Waals surface area contributed by atoms with Gasteiger partial charge in [0.25, 0.3) is 0 Å². The molecule has 2 rings (SSSR count). The zero-order valence-corrected chi connectivity index (χ0v) is 11.7. The van der Waals surface area contributed by atoms with Crippen LogP contribution in [0.25, 0.3) is 6.08 Å². The van der Waals surface area contributed by atoms with Gasteiger partial charge < -0.3 is 9.84 Å². The number of hydrogen-bond acceptors (Lipinski definition) is 3. The third kappa shape index (κ3) is 3.89. The minimum absolute atomic E-state index is 0.0644. The second-order valence-electron chi connectivity index (χ2n) is 3.78. The maximum absolute atomic E-state index is 13.6. The van der Waals surface area contributed by atoms with Gasteiger partial charge in [-0.25, -0.2) is 14.2 Å². The molecule has 1 aromatic carbocycles. The quantitative estimate of drug-likeness (QED) is 0.860. The second kappa shape index (κ2) is 6.29. The number of rotatable bonds is 4. The fourth-order valence-electron chi connectivity index (χ4n) is 1.39. The Bertz CT molecular complexity index is 656. The van der Waals surface area contributed by atoms with Crippen molar-refractivity contribution in [2.45, 2.75) is 0 Å². The minimum atomic E-state index is -1.04. The molecule has 0 aliphatic rings. The van der Waals surface area contributed by atoms with Gasteiger partial charge in [-0.05, 0) is 35.9 Å². The summed E-state index contributed by atoms with van der Waals surface area (Å²) in [6.07, 6.45) is 3.84. The molecular formula is C14H9BrFNO3. The molecule has 0 atom stereocenters. The van der Waals surface area contributed by atoms with E-state index in [0.29, 0.717) is 10.0 Å². The highest BCUT2D eigenvalue weighted by Gasteiger charge is 2.05. The van der Waals surface area contributed by atoms with E-state index in [1.165, 1.54) is 30.5 Å². The van der Waals surface area contributed by atoms with Crippen molar-refractivity contribution in [1.82, 2.24) is 4.98 Å². The predicted molar refractivity (Wildman–Crippen MR) is 75.1 cm³/mol. The monoisotopic (exact) mass is 337 g/mol. The molecule has 2 aromatic rings. The van der Waals surface area contributed by atoms with E-state index >= 15 is 0 Å². The lowest BCUT2D eigenvalue weighted by molar-refractivity contribution is -0.131. The van der Waals surface area contributed by atoms with E-state index in [1.807, 2.05) is 0 Å². The molecule has 0 unspecified atom stereocenters. The summed E-state index contributed by atoms with van der Waals surface area (Å²) in [5.41, 5.74) is 0.607. The van der Waals surface area contributed by atoms with E-state index in [2.05, 4.69) is 20.9 Å². The summed E-state index contributed by atoms with van der Waals surface area (Å²) in [7, 11) is 0. The minimum Gasteiger partial charge on any atom is -0.478 e. The van der Waals surface area contributed by atoms with Crippen molar-refractivity contribution in [3.63, 3.8) is 0 Å². The van der Waals surface area contributed by atoms with Gasteiger partial charge in [0, 0.05) is 22.8 Å². The van der Waals surface area contributed by atoms with Gasteiger partial charge in [-0.15, -0.1) is 0 Å². The van der Waals surface area contributed by atoms with Gasteiger partial charge in [0.05, 0.1) is 0 Å². The first-order valence-electron chi connectivity index (χ1n) is 5.54. The van der Waals surface area contributed by atoms with E-state index in [9.17, 15) is 9.18 Å². The third-order valence-corrected chi connectivity index (χ3v) is 2.78. The van der Waals surface area contributed by atoms with Crippen LogP contribution >= 0.6 is 15.9 Å². The van der Waals surface area contributed by atoms with Crippen molar-refractivity contribution in [2.24, 2.45) is 0 Å². The molecule has 6 heteroatoms. The summed E-state index contributed by atoms with van der Waals surface area (Å²) in [6.45, 7) is 0. The van der Waals surface area contributed by atoms with Crippen LogP contribution in [0.1, 0.15) is 5.56 Å². The molecule has 1 N–H and O–H groups in total. The number of carbonyl (C=O) groups is 1. The predicted octanol–water partition coefficient (Wildman–Crippen LogP) is 3.87. The Morgan fingerprint density at radius 1 is 1.35 bits per heavy atom. The number of aliphatic carboxylic acids is 1. The topological polar surface area (TPSA) is 59.4 Å². The lowest BCUT2D eigenvalue weighted by Gasteiger charge is -2.06. The smallest absolute Gasteiger partial charge is 0.328 e. The molecule has 0 aliphatic heterocycles. The second-order valence-corrected chi connectivity index (χ2v) is 4.69. The lowest BCUT2D eigenvalue weighted by Crippen LogP contribution is -1.91. The summed E-state index contributed by atoms with van der Waals surface area (Å²) in [5.74, 6) is -1.26. The summed E-state index contributed by atoms with van der Waals surface area (Å²) < 4.78 is 19.5. The molecular weight excluding hydrogens is 329 g/mol. The number of halogens is 2. The van der Waals surface area contributed by atoms with Crippen LogP contribution in [-0.2, 0) is 4.79 Å². The van der Waals surface area contributed by atoms with Gasteiger partial charge in [0.1, 0.15) is 0 Å². The van der Waals surface area contributed by atoms with E-state index in [-0.39, 0.29) is 11.6 Å². The van der Waals surface area contributed by atoms with Crippen LogP contribution < -0.4 is 4.74 Å². The Morgan fingerprint density at radius 2 is 2.15 bits per heavy atom. The normalized spacial score (nSPS) is 10.7. The molecule has 0 fully saturated rings. The number of carboxylic acid groups (broad SMARTS) is 1. The van der Waals surface area contributed by atoms with Crippen molar-refractivity contribution in [3.8, 4) is 11.6 Å². The maximum Gasteiger partial charge on any atom is 0.328 e. The average Bonchev–Trinajstić information content (AvgIpc) is 2.41. The third-order valence-electron chi connectivity index (χ3n) is 2.29. The molecule has 1 heterocycles. The van der Waals surface area contributed by atoms with Gasteiger partial charge in [-0.2, -0.15) is 0 Å². The molecule has 1 aromatic heterocycles. The van der Waals surface area contributed by atoms with Crippen LogP contribution in [0.4, 0.5) is 4.39 Å². The van der Waals surface area contributed by atoms with Crippen molar-refractivity contribution in [2.75, 3.05) is 0 Å². The molecule has 102 valence electrons. The van der Waals surface area contributed by atoms with Crippen molar-refractivity contribution in [3.05, 3.63) is 58.5 Å². The van der Waals surface area contributed by atoms with Crippen LogP contribution in [0.2, 0.25) is 0 Å². The molecule has 0 bridgehead atoms. The summed E-state index contributed by atoms with van der Waals surface area (Å²) in [5, 5.41) is 8.50. The number of carboxylic acids is 1. The fraction of sp³-hybridized carbons (Fsp3) is 0. The fourth-order valence-corrected chi connectivity index (χ4v) is 1.72. The summed E-state index contributed by atoms with van der Waals surface area (Å²) in [4.78, 5) is 14.3. The number of benzene rings is 1. The number of hydrogen-bond donors (Lipinski definition) is 1.